The molecule has 0 saturated heterocycles. The van der Waals surface area contributed by atoms with Gasteiger partial charge in [0.15, 0.2) is 5.11 Å². The van der Waals surface area contributed by atoms with E-state index in [-0.39, 0.29) is 11.6 Å². The number of hydrogen-bond acceptors (Lipinski definition) is 5. The van der Waals surface area contributed by atoms with Crippen LogP contribution in [0.5, 0.6) is 5.75 Å². The Morgan fingerprint density at radius 3 is 2.42 bits per heavy atom. The van der Waals surface area contributed by atoms with Crippen LogP contribution in [0.2, 0.25) is 0 Å². The maximum Gasteiger partial charge on any atom is 0.573 e. The van der Waals surface area contributed by atoms with Crippen LogP contribution in [-0.4, -0.2) is 44.0 Å². The Morgan fingerprint density at radius 2 is 1.76 bits per heavy atom. The summed E-state index contributed by atoms with van der Waals surface area (Å²) in [4.78, 5) is 10.1. The summed E-state index contributed by atoms with van der Waals surface area (Å²) in [6, 6.07) is 20.3. The molecule has 198 valence electrons. The molecule has 0 aliphatic heterocycles. The van der Waals surface area contributed by atoms with E-state index < -0.39 is 6.36 Å². The fraction of sp³-hybridized carbons (Fsp3) is 0.154. The van der Waals surface area contributed by atoms with E-state index >= 15 is 0 Å². The summed E-state index contributed by atoms with van der Waals surface area (Å²) in [5, 5.41) is 7.65. The number of benzene rings is 3. The van der Waals surface area contributed by atoms with Crippen LogP contribution in [0, 0.1) is 0 Å². The van der Waals surface area contributed by atoms with Gasteiger partial charge in [-0.1, -0.05) is 36.4 Å². The zero-order valence-electron chi connectivity index (χ0n) is 20.6. The molecule has 0 radical (unpaired) electrons. The summed E-state index contributed by atoms with van der Waals surface area (Å²) in [5.74, 6) is -0.113. The average Bonchev–Trinajstić information content (AvgIpc) is 2.88. The number of nitrogens with one attached hydrogen (secondary N) is 2. The SMILES string of the molecule is CN(C)c1cccc(CNC(=S)N/N=C/c2ccc(C(N)=NC=Nc3ccc(OC(F)(F)F)cc3)cc2)c1. The number of aliphatic imine (C=N–C) groups is 2. The lowest BCUT2D eigenvalue weighted by Gasteiger charge is -2.14. The number of hydrogen-bond donors (Lipinski definition) is 3. The van der Waals surface area contributed by atoms with E-state index in [1.54, 1.807) is 18.3 Å². The van der Waals surface area contributed by atoms with Crippen molar-refractivity contribution in [3.05, 3.63) is 89.5 Å². The molecular weight excluding hydrogens is 515 g/mol. The van der Waals surface area contributed by atoms with E-state index in [1.807, 2.05) is 49.3 Å². The van der Waals surface area contributed by atoms with Gasteiger partial charge in [0, 0.05) is 31.9 Å². The molecule has 0 bridgehead atoms. The number of halogens is 3. The molecule has 0 amide bonds. The smallest absolute Gasteiger partial charge is 0.406 e. The third-order valence-corrected chi connectivity index (χ3v) is 5.18. The van der Waals surface area contributed by atoms with E-state index in [0.29, 0.717) is 22.9 Å². The first-order valence-corrected chi connectivity index (χ1v) is 11.6. The highest BCUT2D eigenvalue weighted by atomic mass is 32.1. The number of nitrogens with two attached hydrogens (primary N) is 1. The van der Waals surface area contributed by atoms with Crippen molar-refractivity contribution in [2.75, 3.05) is 19.0 Å². The molecule has 3 aromatic carbocycles. The van der Waals surface area contributed by atoms with Gasteiger partial charge in [0.2, 0.25) is 0 Å². The van der Waals surface area contributed by atoms with Crippen molar-refractivity contribution in [3.63, 3.8) is 0 Å². The second-order valence-electron chi connectivity index (χ2n) is 8.04. The Morgan fingerprint density at radius 1 is 1.05 bits per heavy atom. The summed E-state index contributed by atoms with van der Waals surface area (Å²) in [6.07, 6.45) is -1.91. The molecule has 3 aromatic rings. The number of nitrogens with zero attached hydrogens (tertiary/aromatic N) is 4. The van der Waals surface area contributed by atoms with Gasteiger partial charge in [0.1, 0.15) is 17.9 Å². The molecule has 8 nitrogen and oxygen atoms in total. The quantitative estimate of drug-likeness (QED) is 0.157. The third kappa shape index (κ3) is 9.54. The molecule has 0 aliphatic rings. The number of thiocarbonyl (C=S) groups is 1. The van der Waals surface area contributed by atoms with E-state index in [0.717, 1.165) is 28.9 Å². The molecule has 0 heterocycles. The summed E-state index contributed by atoms with van der Waals surface area (Å²) < 4.78 is 40.5. The van der Waals surface area contributed by atoms with E-state index in [4.69, 9.17) is 18.0 Å². The molecular formula is C26H26F3N7OS. The summed E-state index contributed by atoms with van der Waals surface area (Å²) in [7, 11) is 3.98. The van der Waals surface area contributed by atoms with Gasteiger partial charge in [-0.05, 0) is 59.7 Å². The Bertz CT molecular complexity index is 1310. The highest BCUT2D eigenvalue weighted by Crippen LogP contribution is 2.24. The zero-order chi connectivity index (χ0) is 27.5. The summed E-state index contributed by atoms with van der Waals surface area (Å²) >= 11 is 5.27. The molecule has 12 heteroatoms. The molecule has 0 spiro atoms. The maximum absolute atomic E-state index is 12.2. The highest BCUT2D eigenvalue weighted by Gasteiger charge is 2.30. The standard InChI is InChI=1S/C26H26F3N7OS/c1-36(2)22-5-3-4-19(14-22)15-31-25(38)35-34-16-18-6-8-20(9-7-18)24(30)33-17-32-21-10-12-23(13-11-21)37-26(27,28)29/h3-14,16-17H,15H2,1-2H3,(H2,30,32,33)(H2,31,35,38)/b34-16+. The first-order chi connectivity index (χ1) is 18.1. The minimum atomic E-state index is -4.75. The molecule has 38 heavy (non-hydrogen) atoms. The number of ether oxygens (including phenoxy) is 1. The Hall–Kier alpha value is -4.45. The second kappa shape index (κ2) is 13.2. The topological polar surface area (TPSA) is 99.6 Å². The molecule has 0 fully saturated rings. The molecule has 0 atom stereocenters. The first-order valence-electron chi connectivity index (χ1n) is 11.2. The van der Waals surface area contributed by atoms with Gasteiger partial charge in [0.25, 0.3) is 0 Å². The average molecular weight is 542 g/mol. The molecule has 0 unspecified atom stereocenters. The van der Waals surface area contributed by atoms with Gasteiger partial charge in [-0.25, -0.2) is 9.98 Å². The fourth-order valence-corrected chi connectivity index (χ4v) is 3.16. The van der Waals surface area contributed by atoms with Crippen LogP contribution in [0.15, 0.2) is 87.9 Å². The van der Waals surface area contributed by atoms with Gasteiger partial charge >= 0.3 is 6.36 Å². The third-order valence-electron chi connectivity index (χ3n) is 4.94. The summed E-state index contributed by atoms with van der Waals surface area (Å²) in [6.45, 7) is 0.567. The lowest BCUT2D eigenvalue weighted by atomic mass is 10.1. The first kappa shape index (κ1) is 28.1. The number of rotatable bonds is 9. The molecule has 0 saturated carbocycles. The monoisotopic (exact) mass is 541 g/mol. The zero-order valence-corrected chi connectivity index (χ0v) is 21.4. The minimum Gasteiger partial charge on any atom is -0.406 e. The predicted octanol–water partition coefficient (Wildman–Crippen LogP) is 4.71. The molecule has 0 aromatic heterocycles. The number of amidine groups is 1. The molecule has 4 N–H and O–H groups in total. The summed E-state index contributed by atoms with van der Waals surface area (Å²) in [5.41, 5.74) is 12.8. The largest absolute Gasteiger partial charge is 0.573 e. The Kier molecular flexibility index (Phi) is 9.77. The van der Waals surface area contributed by atoms with Crippen LogP contribution in [0.1, 0.15) is 16.7 Å². The van der Waals surface area contributed by atoms with Crippen molar-refractivity contribution in [2.45, 2.75) is 12.9 Å². The lowest BCUT2D eigenvalue weighted by Crippen LogP contribution is -2.31. The number of hydrazone groups is 1. The van der Waals surface area contributed by atoms with Crippen LogP contribution in [0.3, 0.4) is 0 Å². The normalized spacial score (nSPS) is 12.1. The Labute approximate surface area is 223 Å². The maximum atomic E-state index is 12.2. The van der Waals surface area contributed by atoms with Crippen LogP contribution in [-0.2, 0) is 6.54 Å². The second-order valence-corrected chi connectivity index (χ2v) is 8.45. The van der Waals surface area contributed by atoms with Gasteiger partial charge in [-0.2, -0.15) is 5.10 Å². The lowest BCUT2D eigenvalue weighted by molar-refractivity contribution is -0.274. The van der Waals surface area contributed by atoms with Crippen LogP contribution in [0.25, 0.3) is 0 Å². The highest BCUT2D eigenvalue weighted by molar-refractivity contribution is 7.80. The van der Waals surface area contributed by atoms with Crippen molar-refractivity contribution < 1.29 is 17.9 Å². The van der Waals surface area contributed by atoms with E-state index in [1.165, 1.54) is 18.5 Å². The fourth-order valence-electron chi connectivity index (χ4n) is 3.04. The van der Waals surface area contributed by atoms with Gasteiger partial charge < -0.3 is 20.7 Å². The van der Waals surface area contributed by atoms with Crippen LogP contribution >= 0.6 is 12.2 Å². The van der Waals surface area contributed by atoms with E-state index in [2.05, 4.69) is 36.6 Å². The van der Waals surface area contributed by atoms with E-state index in [9.17, 15) is 13.2 Å². The molecule has 3 rings (SSSR count). The Balaban J connectivity index is 1.47. The van der Waals surface area contributed by atoms with Crippen molar-refractivity contribution in [1.82, 2.24) is 10.7 Å². The van der Waals surface area contributed by atoms with Gasteiger partial charge in [0.05, 0.1) is 11.9 Å². The van der Waals surface area contributed by atoms with Crippen molar-refractivity contribution in [2.24, 2.45) is 20.8 Å². The van der Waals surface area contributed by atoms with Gasteiger partial charge in [-0.15, -0.1) is 13.2 Å². The van der Waals surface area contributed by atoms with Crippen molar-refractivity contribution in [3.8, 4) is 5.75 Å². The van der Waals surface area contributed by atoms with Crippen LogP contribution < -0.4 is 26.1 Å². The van der Waals surface area contributed by atoms with Crippen LogP contribution in [0.4, 0.5) is 24.5 Å². The van der Waals surface area contributed by atoms with Gasteiger partial charge in [-0.3, -0.25) is 5.43 Å². The van der Waals surface area contributed by atoms with Crippen molar-refractivity contribution >= 4 is 47.1 Å². The van der Waals surface area contributed by atoms with Crippen molar-refractivity contribution in [1.29, 1.82) is 0 Å². The predicted molar refractivity (Wildman–Crippen MR) is 149 cm³/mol. The minimum absolute atomic E-state index is 0.219. The number of anilines is 1. The molecule has 0 aliphatic carbocycles. The number of alkyl halides is 3.